The molecule has 0 unspecified atom stereocenters. The summed E-state index contributed by atoms with van der Waals surface area (Å²) in [7, 11) is 0. The Morgan fingerprint density at radius 2 is 2.08 bits per heavy atom. The molecule has 1 aliphatic rings. The van der Waals surface area contributed by atoms with Gasteiger partial charge in [-0.2, -0.15) is 9.97 Å². The molecule has 0 radical (unpaired) electrons. The average molecular weight is 366 g/mol. The number of aliphatic hydroxyl groups is 2. The molecule has 0 aromatic carbocycles. The summed E-state index contributed by atoms with van der Waals surface area (Å²) in [6.07, 6.45) is -3.56. The van der Waals surface area contributed by atoms with Gasteiger partial charge in [0.15, 0.2) is 29.3 Å². The molecule has 1 saturated heterocycles. The maximum Gasteiger partial charge on any atom is 0.252 e. The molecule has 1 amide bonds. The van der Waals surface area contributed by atoms with Crippen molar-refractivity contribution in [2.75, 3.05) is 23.8 Å². The first kappa shape index (κ1) is 18.3. The Bertz CT molecular complexity index is 797. The van der Waals surface area contributed by atoms with Gasteiger partial charge >= 0.3 is 0 Å². The monoisotopic (exact) mass is 366 g/mol. The minimum absolute atomic E-state index is 0.142. The van der Waals surface area contributed by atoms with Crippen LogP contribution in [0.4, 0.5) is 11.8 Å². The van der Waals surface area contributed by atoms with E-state index in [4.69, 9.17) is 10.6 Å². The van der Waals surface area contributed by atoms with Crippen molar-refractivity contribution in [3.63, 3.8) is 0 Å². The van der Waals surface area contributed by atoms with Gasteiger partial charge in [0.2, 0.25) is 5.95 Å². The van der Waals surface area contributed by atoms with Crippen LogP contribution in [0.15, 0.2) is 6.33 Å². The second-order valence-electron chi connectivity index (χ2n) is 5.72. The van der Waals surface area contributed by atoms with Gasteiger partial charge in [-0.15, -0.1) is 0 Å². The number of hydrogen-bond donors (Lipinski definition) is 6. The number of aliphatic hydroxyl groups excluding tert-OH is 2. The second kappa shape index (κ2) is 7.37. The number of imidazole rings is 1. The summed E-state index contributed by atoms with van der Waals surface area (Å²) in [5.74, 6) is 5.51. The van der Waals surface area contributed by atoms with Crippen LogP contribution in [0.25, 0.3) is 11.2 Å². The van der Waals surface area contributed by atoms with Crippen molar-refractivity contribution >= 4 is 28.8 Å². The third kappa shape index (κ3) is 3.03. The Morgan fingerprint density at radius 3 is 2.73 bits per heavy atom. The summed E-state index contributed by atoms with van der Waals surface area (Å²) in [4.78, 5) is 24.7. The van der Waals surface area contributed by atoms with Gasteiger partial charge in [-0.25, -0.2) is 10.8 Å². The van der Waals surface area contributed by atoms with E-state index in [1.165, 1.54) is 10.9 Å². The lowest BCUT2D eigenvalue weighted by Gasteiger charge is -2.17. The smallest absolute Gasteiger partial charge is 0.252 e. The molecular formula is C14H22N8O4. The number of carbonyl (C=O) groups is 1. The lowest BCUT2D eigenvalue weighted by molar-refractivity contribution is -0.137. The number of fused-ring (bicyclic) bond motifs is 1. The summed E-state index contributed by atoms with van der Waals surface area (Å²) in [5, 5.41) is 26.2. The van der Waals surface area contributed by atoms with E-state index < -0.39 is 30.4 Å². The van der Waals surface area contributed by atoms with Gasteiger partial charge in [0.05, 0.1) is 6.33 Å². The van der Waals surface area contributed by atoms with E-state index >= 15 is 0 Å². The standard InChI is InChI=1S/C14H22N8O4/c1-3-16-10-6-11(20-14(19-10)21-15)22(5-18-6)13-8(24)7(23)9(26-13)12(25)17-4-2/h5,7-9,13,23-24H,3-4,15H2,1-2H3,(H,17,25)(H2,16,19,20,21)/t7-,8+,9-,13+/m0/s1. The number of nitrogens with two attached hydrogens (primary N) is 1. The molecule has 26 heavy (non-hydrogen) atoms. The molecule has 0 saturated carbocycles. The molecule has 0 spiro atoms. The Morgan fingerprint density at radius 1 is 1.31 bits per heavy atom. The highest BCUT2D eigenvalue weighted by Crippen LogP contribution is 2.32. The maximum atomic E-state index is 12.0. The number of hydrogen-bond acceptors (Lipinski definition) is 10. The Kier molecular flexibility index (Phi) is 5.18. The van der Waals surface area contributed by atoms with Gasteiger partial charge in [-0.1, -0.05) is 0 Å². The van der Waals surface area contributed by atoms with E-state index in [0.717, 1.165) is 0 Å². The highest BCUT2D eigenvalue weighted by atomic mass is 16.6. The van der Waals surface area contributed by atoms with Gasteiger partial charge < -0.3 is 25.6 Å². The minimum Gasteiger partial charge on any atom is -0.387 e. The summed E-state index contributed by atoms with van der Waals surface area (Å²) >= 11 is 0. The molecule has 3 heterocycles. The lowest BCUT2D eigenvalue weighted by atomic mass is 10.1. The number of aromatic nitrogens is 4. The molecule has 3 rings (SSSR count). The highest BCUT2D eigenvalue weighted by molar-refractivity contribution is 5.84. The number of nitrogens with one attached hydrogen (secondary N) is 3. The minimum atomic E-state index is -1.38. The van der Waals surface area contributed by atoms with Crippen LogP contribution in [0.1, 0.15) is 20.1 Å². The molecule has 1 aliphatic heterocycles. The number of nitrogen functional groups attached to an aromatic ring is 1. The first-order valence-electron chi connectivity index (χ1n) is 8.26. The van der Waals surface area contributed by atoms with Crippen LogP contribution in [0.5, 0.6) is 0 Å². The Balaban J connectivity index is 2.00. The zero-order valence-electron chi connectivity index (χ0n) is 14.4. The van der Waals surface area contributed by atoms with Crippen LogP contribution < -0.4 is 21.9 Å². The highest BCUT2D eigenvalue weighted by Gasteiger charge is 2.47. The average Bonchev–Trinajstić information content (AvgIpc) is 3.17. The van der Waals surface area contributed by atoms with Crippen molar-refractivity contribution < 1.29 is 19.7 Å². The zero-order valence-corrected chi connectivity index (χ0v) is 14.4. The molecule has 7 N–H and O–H groups in total. The second-order valence-corrected chi connectivity index (χ2v) is 5.72. The van der Waals surface area contributed by atoms with E-state index in [0.29, 0.717) is 30.1 Å². The number of amides is 1. The number of rotatable bonds is 6. The fraction of sp³-hybridized carbons (Fsp3) is 0.571. The van der Waals surface area contributed by atoms with E-state index in [2.05, 4.69) is 31.0 Å². The van der Waals surface area contributed by atoms with Crippen LogP contribution in [0, 0.1) is 0 Å². The van der Waals surface area contributed by atoms with Crippen molar-refractivity contribution in [2.45, 2.75) is 38.4 Å². The fourth-order valence-electron chi connectivity index (χ4n) is 2.84. The number of carbonyl (C=O) groups excluding carboxylic acids is 1. The summed E-state index contributed by atoms with van der Waals surface area (Å²) in [6, 6.07) is 0. The van der Waals surface area contributed by atoms with Gasteiger partial charge in [0.1, 0.15) is 12.2 Å². The molecule has 12 nitrogen and oxygen atoms in total. The predicted octanol–water partition coefficient (Wildman–Crippen LogP) is -1.70. The van der Waals surface area contributed by atoms with Crippen LogP contribution in [0.3, 0.4) is 0 Å². The molecule has 4 atom stereocenters. The first-order valence-corrected chi connectivity index (χ1v) is 8.26. The van der Waals surface area contributed by atoms with Crippen molar-refractivity contribution in [3.8, 4) is 0 Å². The zero-order chi connectivity index (χ0) is 18.8. The molecule has 142 valence electrons. The molecule has 12 heteroatoms. The number of anilines is 2. The summed E-state index contributed by atoms with van der Waals surface area (Å²) in [6.45, 7) is 4.63. The van der Waals surface area contributed by atoms with E-state index in [1.54, 1.807) is 6.92 Å². The quantitative estimate of drug-likeness (QED) is 0.255. The van der Waals surface area contributed by atoms with Gasteiger partial charge in [-0.3, -0.25) is 14.8 Å². The van der Waals surface area contributed by atoms with Crippen LogP contribution in [0.2, 0.25) is 0 Å². The van der Waals surface area contributed by atoms with E-state index in [-0.39, 0.29) is 5.95 Å². The lowest BCUT2D eigenvalue weighted by Crippen LogP contribution is -2.42. The van der Waals surface area contributed by atoms with E-state index in [1.807, 2.05) is 6.92 Å². The summed E-state index contributed by atoms with van der Waals surface area (Å²) in [5.41, 5.74) is 3.14. The molecule has 2 aromatic heterocycles. The van der Waals surface area contributed by atoms with Gasteiger partial charge in [0.25, 0.3) is 5.91 Å². The fourth-order valence-corrected chi connectivity index (χ4v) is 2.84. The third-order valence-corrected chi connectivity index (χ3v) is 4.02. The molecule has 1 fully saturated rings. The molecule has 2 aromatic rings. The van der Waals surface area contributed by atoms with Crippen molar-refractivity contribution in [1.82, 2.24) is 24.8 Å². The van der Waals surface area contributed by atoms with Crippen molar-refractivity contribution in [1.29, 1.82) is 0 Å². The largest absolute Gasteiger partial charge is 0.387 e. The van der Waals surface area contributed by atoms with Gasteiger partial charge in [-0.05, 0) is 13.8 Å². The molecular weight excluding hydrogens is 344 g/mol. The number of hydrazine groups is 1. The van der Waals surface area contributed by atoms with Crippen molar-refractivity contribution in [3.05, 3.63) is 6.33 Å². The topological polar surface area (TPSA) is 172 Å². The summed E-state index contributed by atoms with van der Waals surface area (Å²) < 4.78 is 7.04. The van der Waals surface area contributed by atoms with Crippen LogP contribution in [-0.4, -0.2) is 67.0 Å². The maximum absolute atomic E-state index is 12.0. The van der Waals surface area contributed by atoms with Crippen LogP contribution >= 0.6 is 0 Å². The number of nitrogens with zero attached hydrogens (tertiary/aromatic N) is 4. The normalized spacial score (nSPS) is 25.4. The van der Waals surface area contributed by atoms with Gasteiger partial charge in [0, 0.05) is 13.1 Å². The Hall–Kier alpha value is -2.54. The predicted molar refractivity (Wildman–Crippen MR) is 91.9 cm³/mol. The number of likely N-dealkylation sites (N-methyl/N-ethyl adjacent to an activating group) is 1. The first-order chi connectivity index (χ1) is 12.5. The SMILES string of the molecule is CCNC(=O)[C@H]1O[C@@H](n2cnc3c(NCC)nc(NN)nc32)[C@H](O)[C@@H]1O. The Labute approximate surface area is 148 Å². The third-order valence-electron chi connectivity index (χ3n) is 4.02. The number of ether oxygens (including phenoxy) is 1. The van der Waals surface area contributed by atoms with E-state index in [9.17, 15) is 15.0 Å². The molecule has 0 bridgehead atoms. The molecule has 0 aliphatic carbocycles. The van der Waals surface area contributed by atoms with Crippen molar-refractivity contribution in [2.24, 2.45) is 5.84 Å². The van der Waals surface area contributed by atoms with Crippen LogP contribution in [-0.2, 0) is 9.53 Å².